The number of benzene rings is 5. The summed E-state index contributed by atoms with van der Waals surface area (Å²) in [5.41, 5.74) is 15.7. The molecule has 9 aromatic rings. The second-order valence-electron chi connectivity index (χ2n) is 13.1. The second kappa shape index (κ2) is 14.7. The van der Waals surface area contributed by atoms with Crippen LogP contribution < -0.4 is 0 Å². The van der Waals surface area contributed by atoms with E-state index >= 15 is 0 Å². The van der Waals surface area contributed by atoms with Crippen LogP contribution in [0, 0.1) is 0 Å². The Morgan fingerprint density at radius 3 is 0.907 bits per heavy atom. The molecule has 9 rings (SSSR count). The zero-order chi connectivity index (χ0) is 36.1. The van der Waals surface area contributed by atoms with Gasteiger partial charge in [0.25, 0.3) is 0 Å². The van der Waals surface area contributed by atoms with Crippen molar-refractivity contribution < 1.29 is 0 Å². The van der Waals surface area contributed by atoms with E-state index in [1.807, 2.05) is 60.9 Å². The molecule has 0 saturated carbocycles. The van der Waals surface area contributed by atoms with Crippen molar-refractivity contribution in [1.82, 2.24) is 19.9 Å². The Bertz CT molecular complexity index is 2360. The van der Waals surface area contributed by atoms with E-state index in [4.69, 9.17) is 19.9 Å². The average molecular weight is 691 g/mol. The van der Waals surface area contributed by atoms with Crippen LogP contribution in [0.2, 0.25) is 0 Å². The summed E-state index contributed by atoms with van der Waals surface area (Å²) in [7, 11) is 0. The van der Waals surface area contributed by atoms with E-state index in [-0.39, 0.29) is 0 Å². The van der Waals surface area contributed by atoms with Gasteiger partial charge in [-0.3, -0.25) is 9.97 Å². The van der Waals surface area contributed by atoms with Crippen LogP contribution in [0.15, 0.2) is 207 Å². The normalized spacial score (nSPS) is 11.0. The molecule has 4 aromatic heterocycles. The van der Waals surface area contributed by atoms with Crippen LogP contribution in [-0.4, -0.2) is 19.9 Å². The second-order valence-corrected chi connectivity index (χ2v) is 13.1. The van der Waals surface area contributed by atoms with E-state index in [9.17, 15) is 0 Å². The Morgan fingerprint density at radius 2 is 0.556 bits per heavy atom. The minimum absolute atomic E-state index is 0.813. The first kappa shape index (κ1) is 32.6. The van der Waals surface area contributed by atoms with Gasteiger partial charge in [-0.2, -0.15) is 0 Å². The van der Waals surface area contributed by atoms with Gasteiger partial charge in [0.1, 0.15) is 0 Å². The number of aromatic nitrogens is 4. The molecule has 0 saturated heterocycles. The van der Waals surface area contributed by atoms with Crippen molar-refractivity contribution in [3.05, 3.63) is 207 Å². The highest BCUT2D eigenvalue weighted by molar-refractivity contribution is 5.95. The first-order chi connectivity index (χ1) is 26.8. The van der Waals surface area contributed by atoms with Gasteiger partial charge >= 0.3 is 0 Å². The molecule has 0 fully saturated rings. The Labute approximate surface area is 315 Å². The highest BCUT2D eigenvalue weighted by Gasteiger charge is 2.20. The quantitative estimate of drug-likeness (QED) is 0.159. The van der Waals surface area contributed by atoms with Crippen molar-refractivity contribution in [3.8, 4) is 89.8 Å². The molecule has 0 aliphatic heterocycles. The molecule has 0 atom stereocenters. The summed E-state index contributed by atoms with van der Waals surface area (Å²) in [5, 5.41) is 0. The van der Waals surface area contributed by atoms with Crippen molar-refractivity contribution in [2.24, 2.45) is 0 Å². The molecule has 5 aromatic carbocycles. The SMILES string of the molecule is c1ccc(-c2cc(-c3ccccn3)nc(-c3cc(-c4ccccc4)c(-c4cc(-c5ccccc5)cc(-c5ccccn5)n4)cc3-c3ccccc3)c2)cc1. The molecule has 0 spiro atoms. The van der Waals surface area contributed by atoms with E-state index in [1.54, 1.807) is 0 Å². The summed E-state index contributed by atoms with van der Waals surface area (Å²) in [4.78, 5) is 20.1. The third-order valence-corrected chi connectivity index (χ3v) is 9.60. The molecule has 0 unspecified atom stereocenters. The van der Waals surface area contributed by atoms with Crippen LogP contribution in [0.3, 0.4) is 0 Å². The monoisotopic (exact) mass is 690 g/mol. The van der Waals surface area contributed by atoms with Gasteiger partial charge < -0.3 is 0 Å². The third-order valence-electron chi connectivity index (χ3n) is 9.60. The van der Waals surface area contributed by atoms with Gasteiger partial charge in [0.15, 0.2) is 0 Å². The maximum atomic E-state index is 5.34. The van der Waals surface area contributed by atoms with Gasteiger partial charge in [-0.25, -0.2) is 9.97 Å². The molecule has 0 N–H and O–H groups in total. The third kappa shape index (κ3) is 6.72. The molecular weight excluding hydrogens is 657 g/mol. The summed E-state index contributed by atoms with van der Waals surface area (Å²) < 4.78 is 0. The van der Waals surface area contributed by atoms with Crippen molar-refractivity contribution in [1.29, 1.82) is 0 Å². The van der Waals surface area contributed by atoms with E-state index < -0.39 is 0 Å². The van der Waals surface area contributed by atoms with E-state index in [1.165, 1.54) is 0 Å². The smallest absolute Gasteiger partial charge is 0.0899 e. The zero-order valence-corrected chi connectivity index (χ0v) is 29.4. The minimum Gasteiger partial charge on any atom is -0.255 e. The lowest BCUT2D eigenvalue weighted by atomic mass is 9.87. The predicted molar refractivity (Wildman–Crippen MR) is 221 cm³/mol. The Kier molecular flexibility index (Phi) is 8.90. The summed E-state index contributed by atoms with van der Waals surface area (Å²) >= 11 is 0. The number of rotatable bonds is 8. The molecule has 4 heteroatoms. The lowest BCUT2D eigenvalue weighted by Gasteiger charge is -2.19. The highest BCUT2D eigenvalue weighted by Crippen LogP contribution is 2.43. The zero-order valence-electron chi connectivity index (χ0n) is 29.4. The fourth-order valence-electron chi connectivity index (χ4n) is 6.96. The lowest BCUT2D eigenvalue weighted by Crippen LogP contribution is -1.98. The minimum atomic E-state index is 0.813. The molecule has 0 bridgehead atoms. The highest BCUT2D eigenvalue weighted by atomic mass is 14.8. The van der Waals surface area contributed by atoms with Crippen LogP contribution in [0.25, 0.3) is 89.8 Å². The first-order valence-electron chi connectivity index (χ1n) is 18.0. The molecule has 0 aliphatic rings. The van der Waals surface area contributed by atoms with Gasteiger partial charge in [0, 0.05) is 23.5 Å². The number of pyridine rings is 4. The Hall–Kier alpha value is -7.30. The average Bonchev–Trinajstić information content (AvgIpc) is 3.27. The van der Waals surface area contributed by atoms with Gasteiger partial charge in [-0.1, -0.05) is 133 Å². The summed E-state index contributed by atoms with van der Waals surface area (Å²) in [5.74, 6) is 0. The fraction of sp³-hybridized carbons (Fsp3) is 0. The molecule has 54 heavy (non-hydrogen) atoms. The molecule has 0 amide bonds. The van der Waals surface area contributed by atoms with Gasteiger partial charge in [0.2, 0.25) is 0 Å². The van der Waals surface area contributed by atoms with Crippen LogP contribution >= 0.6 is 0 Å². The molecule has 0 aliphatic carbocycles. The Balaban J connectivity index is 1.35. The van der Waals surface area contributed by atoms with Crippen LogP contribution in [0.4, 0.5) is 0 Å². The molecule has 254 valence electrons. The summed E-state index contributed by atoms with van der Waals surface area (Å²) in [6, 6.07) is 67.2. The lowest BCUT2D eigenvalue weighted by molar-refractivity contribution is 1.24. The molecular formula is C50H34N4. The van der Waals surface area contributed by atoms with Gasteiger partial charge in [0.05, 0.1) is 34.2 Å². The number of hydrogen-bond acceptors (Lipinski definition) is 4. The number of nitrogens with zero attached hydrogens (tertiary/aromatic N) is 4. The van der Waals surface area contributed by atoms with E-state index in [0.29, 0.717) is 0 Å². The molecule has 0 radical (unpaired) electrons. The standard InChI is InChI=1S/C50H34N4/c1-5-17-35(18-6-1)39-29-47(53-49(31-39)45-25-13-15-27-51-45)43-33-42(38-23-11-4-12-24-38)44(34-41(43)37-21-9-3-10-22-37)48-30-40(36-19-7-2-8-20-36)32-50(54-48)46-26-14-16-28-52-46/h1-34H. The first-order valence-corrected chi connectivity index (χ1v) is 18.0. The van der Waals surface area contributed by atoms with Gasteiger partial charge in [-0.05, 0) is 105 Å². The number of hydrogen-bond donors (Lipinski definition) is 0. The van der Waals surface area contributed by atoms with Crippen molar-refractivity contribution in [3.63, 3.8) is 0 Å². The van der Waals surface area contributed by atoms with Crippen molar-refractivity contribution >= 4 is 0 Å². The Morgan fingerprint density at radius 1 is 0.222 bits per heavy atom. The fourth-order valence-corrected chi connectivity index (χ4v) is 6.96. The molecule has 4 heterocycles. The van der Waals surface area contributed by atoms with E-state index in [2.05, 4.69) is 146 Å². The van der Waals surface area contributed by atoms with Crippen LogP contribution in [-0.2, 0) is 0 Å². The van der Waals surface area contributed by atoms with Crippen LogP contribution in [0.5, 0.6) is 0 Å². The van der Waals surface area contributed by atoms with Crippen LogP contribution in [0.1, 0.15) is 0 Å². The topological polar surface area (TPSA) is 51.6 Å². The molecule has 4 nitrogen and oxygen atoms in total. The van der Waals surface area contributed by atoms with Gasteiger partial charge in [-0.15, -0.1) is 0 Å². The summed E-state index contributed by atoms with van der Waals surface area (Å²) in [6.07, 6.45) is 3.64. The van der Waals surface area contributed by atoms with Crippen molar-refractivity contribution in [2.45, 2.75) is 0 Å². The van der Waals surface area contributed by atoms with E-state index in [0.717, 1.165) is 89.8 Å². The predicted octanol–water partition coefficient (Wildman–Crippen LogP) is 12.6. The van der Waals surface area contributed by atoms with Crippen molar-refractivity contribution in [2.75, 3.05) is 0 Å². The maximum Gasteiger partial charge on any atom is 0.0899 e. The largest absolute Gasteiger partial charge is 0.255 e. The summed E-state index contributed by atoms with van der Waals surface area (Å²) in [6.45, 7) is 0. The maximum absolute atomic E-state index is 5.34.